The number of amides is 1. The fourth-order valence-electron chi connectivity index (χ4n) is 2.74. The van der Waals surface area contributed by atoms with Gasteiger partial charge in [-0.15, -0.1) is 11.3 Å². The van der Waals surface area contributed by atoms with E-state index in [1.54, 1.807) is 18.3 Å². The van der Waals surface area contributed by atoms with Crippen LogP contribution >= 0.6 is 11.3 Å². The van der Waals surface area contributed by atoms with Crippen molar-refractivity contribution in [3.63, 3.8) is 0 Å². The molecular formula is C16H25N2O3S+. The third kappa shape index (κ3) is 4.08. The van der Waals surface area contributed by atoms with Crippen molar-refractivity contribution in [1.29, 1.82) is 0 Å². The fourth-order valence-corrected chi connectivity index (χ4v) is 4.04. The van der Waals surface area contributed by atoms with E-state index in [1.807, 2.05) is 14.1 Å². The molecule has 0 radical (unpaired) electrons. The van der Waals surface area contributed by atoms with Gasteiger partial charge in [-0.05, 0) is 38.2 Å². The van der Waals surface area contributed by atoms with E-state index >= 15 is 0 Å². The lowest BCUT2D eigenvalue weighted by Crippen LogP contribution is -3.06. The molecule has 0 atom stereocenters. The summed E-state index contributed by atoms with van der Waals surface area (Å²) in [6, 6.07) is 0. The van der Waals surface area contributed by atoms with E-state index in [0.717, 1.165) is 36.1 Å². The van der Waals surface area contributed by atoms with Crippen molar-refractivity contribution in [1.82, 2.24) is 0 Å². The van der Waals surface area contributed by atoms with Crippen LogP contribution in [0, 0.1) is 0 Å². The first-order valence-electron chi connectivity index (χ1n) is 7.93. The Labute approximate surface area is 135 Å². The van der Waals surface area contributed by atoms with Crippen molar-refractivity contribution in [3.05, 3.63) is 16.0 Å². The van der Waals surface area contributed by atoms with Crippen molar-refractivity contribution in [2.45, 2.75) is 39.0 Å². The second-order valence-corrected chi connectivity index (χ2v) is 7.03. The van der Waals surface area contributed by atoms with Gasteiger partial charge in [0.15, 0.2) is 6.54 Å². The quantitative estimate of drug-likeness (QED) is 0.633. The molecule has 1 aromatic heterocycles. The number of hydrogen-bond acceptors (Lipinski definition) is 4. The first-order chi connectivity index (χ1) is 10.5. The average Bonchev–Trinajstić information content (AvgIpc) is 2.60. The van der Waals surface area contributed by atoms with Crippen LogP contribution in [0.4, 0.5) is 5.00 Å². The first-order valence-corrected chi connectivity index (χ1v) is 8.75. The van der Waals surface area contributed by atoms with E-state index in [4.69, 9.17) is 4.74 Å². The molecule has 1 amide bonds. The normalized spacial score (nSPS) is 14.4. The summed E-state index contributed by atoms with van der Waals surface area (Å²) >= 11 is 1.54. The van der Waals surface area contributed by atoms with Gasteiger partial charge >= 0.3 is 5.97 Å². The summed E-state index contributed by atoms with van der Waals surface area (Å²) in [5, 5.41) is 3.58. The molecule has 0 bridgehead atoms. The highest BCUT2D eigenvalue weighted by Gasteiger charge is 2.26. The Bertz CT molecular complexity index is 552. The van der Waals surface area contributed by atoms with E-state index in [9.17, 15) is 9.59 Å². The van der Waals surface area contributed by atoms with Gasteiger partial charge in [0, 0.05) is 4.88 Å². The van der Waals surface area contributed by atoms with Crippen LogP contribution in [0.1, 0.15) is 47.0 Å². The summed E-state index contributed by atoms with van der Waals surface area (Å²) in [4.78, 5) is 26.7. The van der Waals surface area contributed by atoms with Crippen LogP contribution in [0.25, 0.3) is 0 Å². The minimum Gasteiger partial charge on any atom is -0.462 e. The zero-order valence-corrected chi connectivity index (χ0v) is 14.4. The molecule has 0 fully saturated rings. The molecule has 0 unspecified atom stereocenters. The third-order valence-corrected chi connectivity index (χ3v) is 4.88. The molecule has 6 heteroatoms. The zero-order valence-electron chi connectivity index (χ0n) is 13.6. The zero-order chi connectivity index (χ0) is 16.1. The van der Waals surface area contributed by atoms with Crippen molar-refractivity contribution in [3.8, 4) is 0 Å². The molecule has 5 nitrogen and oxygen atoms in total. The standard InChI is InChI=1S/C16H24N2O3S/c1-4-21-16(20)14-11-8-6-5-7-9-12(11)22-15(14)17-13(19)10-18(2)3/h4-10H2,1-3H3,(H,17,19)/p+1. The molecule has 0 aromatic carbocycles. The number of carbonyl (C=O) groups excluding carboxylic acids is 2. The van der Waals surface area contributed by atoms with Gasteiger partial charge in [0.25, 0.3) is 5.91 Å². The number of aryl methyl sites for hydroxylation is 1. The molecule has 2 rings (SSSR count). The molecule has 2 N–H and O–H groups in total. The summed E-state index contributed by atoms with van der Waals surface area (Å²) in [5.41, 5.74) is 1.68. The molecule has 0 aliphatic heterocycles. The van der Waals surface area contributed by atoms with Crippen molar-refractivity contribution in [2.24, 2.45) is 0 Å². The Morgan fingerprint density at radius 1 is 1.23 bits per heavy atom. The third-order valence-electron chi connectivity index (χ3n) is 3.67. The number of hydrogen-bond donors (Lipinski definition) is 2. The van der Waals surface area contributed by atoms with E-state index in [1.165, 1.54) is 11.3 Å². The van der Waals surface area contributed by atoms with Crippen molar-refractivity contribution >= 4 is 28.2 Å². The molecule has 1 aliphatic rings. The lowest BCUT2D eigenvalue weighted by atomic mass is 10.1. The molecule has 0 saturated heterocycles. The fraction of sp³-hybridized carbons (Fsp3) is 0.625. The molecule has 1 heterocycles. The molecule has 0 saturated carbocycles. The second-order valence-electron chi connectivity index (χ2n) is 5.92. The minimum absolute atomic E-state index is 0.0676. The Balaban J connectivity index is 2.31. The maximum Gasteiger partial charge on any atom is 0.341 e. The van der Waals surface area contributed by atoms with Crippen LogP contribution in [-0.2, 0) is 22.4 Å². The SMILES string of the molecule is CCOC(=O)c1c(NC(=O)C[NH+](C)C)sc2c1CCCCC2. The summed E-state index contributed by atoms with van der Waals surface area (Å²) in [5.74, 6) is -0.378. The number of quaternary nitrogens is 1. The number of rotatable bonds is 5. The Morgan fingerprint density at radius 2 is 1.95 bits per heavy atom. The highest BCUT2D eigenvalue weighted by molar-refractivity contribution is 7.17. The topological polar surface area (TPSA) is 59.8 Å². The van der Waals surface area contributed by atoms with Crippen LogP contribution in [0.2, 0.25) is 0 Å². The van der Waals surface area contributed by atoms with Crippen LogP contribution in [0.5, 0.6) is 0 Å². The largest absolute Gasteiger partial charge is 0.462 e. The number of likely N-dealkylation sites (N-methyl/N-ethyl adjacent to an activating group) is 1. The summed E-state index contributed by atoms with van der Waals surface area (Å²) < 4.78 is 5.21. The molecule has 22 heavy (non-hydrogen) atoms. The molecule has 1 aromatic rings. The second kappa shape index (κ2) is 7.74. The Hall–Kier alpha value is -1.40. The highest BCUT2D eigenvalue weighted by atomic mass is 32.1. The van der Waals surface area contributed by atoms with Gasteiger partial charge in [0.2, 0.25) is 0 Å². The Kier molecular flexibility index (Phi) is 5.97. The van der Waals surface area contributed by atoms with Gasteiger partial charge in [-0.2, -0.15) is 0 Å². The average molecular weight is 325 g/mol. The number of ether oxygens (including phenoxy) is 1. The van der Waals surface area contributed by atoms with Gasteiger partial charge in [0.1, 0.15) is 5.00 Å². The summed E-state index contributed by atoms with van der Waals surface area (Å²) in [6.07, 6.45) is 5.31. The lowest BCUT2D eigenvalue weighted by molar-refractivity contribution is -0.849. The van der Waals surface area contributed by atoms with E-state index < -0.39 is 0 Å². The van der Waals surface area contributed by atoms with E-state index in [-0.39, 0.29) is 11.9 Å². The lowest BCUT2D eigenvalue weighted by Gasteiger charge is -2.09. The van der Waals surface area contributed by atoms with Crippen LogP contribution in [-0.4, -0.2) is 39.1 Å². The predicted octanol–water partition coefficient (Wildman–Crippen LogP) is 1.28. The number of anilines is 1. The number of esters is 1. The summed E-state index contributed by atoms with van der Waals surface area (Å²) in [6.45, 7) is 2.53. The van der Waals surface area contributed by atoms with Crippen molar-refractivity contribution in [2.75, 3.05) is 32.6 Å². The number of carbonyl (C=O) groups is 2. The Morgan fingerprint density at radius 3 is 2.64 bits per heavy atom. The van der Waals surface area contributed by atoms with E-state index in [2.05, 4.69) is 5.32 Å². The predicted molar refractivity (Wildman–Crippen MR) is 87.8 cm³/mol. The van der Waals surface area contributed by atoms with Gasteiger partial charge < -0.3 is 15.0 Å². The number of thiophene rings is 1. The van der Waals surface area contributed by atoms with E-state index in [0.29, 0.717) is 23.7 Å². The first kappa shape index (κ1) is 17.0. The summed E-state index contributed by atoms with van der Waals surface area (Å²) in [7, 11) is 3.85. The van der Waals surface area contributed by atoms with Crippen LogP contribution < -0.4 is 10.2 Å². The highest BCUT2D eigenvalue weighted by Crippen LogP contribution is 2.37. The maximum atomic E-state index is 12.3. The maximum absolute atomic E-state index is 12.3. The monoisotopic (exact) mass is 325 g/mol. The van der Waals surface area contributed by atoms with Gasteiger partial charge in [-0.1, -0.05) is 6.42 Å². The smallest absolute Gasteiger partial charge is 0.341 e. The van der Waals surface area contributed by atoms with Gasteiger partial charge in [-0.25, -0.2) is 4.79 Å². The van der Waals surface area contributed by atoms with Crippen molar-refractivity contribution < 1.29 is 19.2 Å². The molecule has 1 aliphatic carbocycles. The van der Waals surface area contributed by atoms with Crippen LogP contribution in [0.15, 0.2) is 0 Å². The number of fused-ring (bicyclic) bond motifs is 1. The molecule has 122 valence electrons. The minimum atomic E-state index is -0.311. The molecule has 0 spiro atoms. The molecular weight excluding hydrogens is 300 g/mol. The van der Waals surface area contributed by atoms with Gasteiger partial charge in [-0.3, -0.25) is 4.79 Å². The number of nitrogens with one attached hydrogen (secondary N) is 2. The van der Waals surface area contributed by atoms with Crippen LogP contribution in [0.3, 0.4) is 0 Å². The van der Waals surface area contributed by atoms with Gasteiger partial charge in [0.05, 0.1) is 26.3 Å².